The van der Waals surface area contributed by atoms with Crippen molar-refractivity contribution >= 4 is 17.0 Å². The molecule has 0 aliphatic heterocycles. The van der Waals surface area contributed by atoms with E-state index in [4.69, 9.17) is 5.73 Å². The van der Waals surface area contributed by atoms with Gasteiger partial charge in [-0.2, -0.15) is 0 Å². The largest absolute Gasteiger partial charge is 0.391 e. The molecule has 6 heteroatoms. The van der Waals surface area contributed by atoms with E-state index in [9.17, 15) is 5.11 Å². The van der Waals surface area contributed by atoms with E-state index in [1.165, 1.54) is 6.33 Å². The van der Waals surface area contributed by atoms with Gasteiger partial charge in [0, 0.05) is 0 Å². The Bertz CT molecular complexity index is 466. The monoisotopic (exact) mass is 207 g/mol. The second kappa shape index (κ2) is 3.82. The zero-order valence-electron chi connectivity index (χ0n) is 8.46. The highest BCUT2D eigenvalue weighted by Crippen LogP contribution is 2.14. The van der Waals surface area contributed by atoms with Gasteiger partial charge in [0.2, 0.25) is 0 Å². The lowest BCUT2D eigenvalue weighted by atomic mass is 10.3. The van der Waals surface area contributed by atoms with Crippen LogP contribution >= 0.6 is 0 Å². The lowest BCUT2D eigenvalue weighted by molar-refractivity contribution is 0.151. The maximum atomic E-state index is 9.54. The molecule has 0 unspecified atom stereocenters. The minimum Gasteiger partial charge on any atom is -0.391 e. The molecule has 2 aromatic rings. The molecule has 2 aromatic heterocycles. The summed E-state index contributed by atoms with van der Waals surface area (Å²) in [5.41, 5.74) is 6.89. The molecule has 0 spiro atoms. The fraction of sp³-hybridized carbons (Fsp3) is 0.444. The number of rotatable bonds is 3. The third kappa shape index (κ3) is 1.75. The van der Waals surface area contributed by atoms with E-state index >= 15 is 0 Å². The number of aliphatic hydroxyl groups is 1. The van der Waals surface area contributed by atoms with E-state index in [1.54, 1.807) is 10.9 Å². The van der Waals surface area contributed by atoms with E-state index in [1.807, 2.05) is 6.92 Å². The molecule has 0 aromatic carbocycles. The molecule has 0 saturated heterocycles. The minimum atomic E-state index is -0.390. The topological polar surface area (TPSA) is 89.8 Å². The van der Waals surface area contributed by atoms with Gasteiger partial charge in [-0.1, -0.05) is 6.92 Å². The lowest BCUT2D eigenvalue weighted by Gasteiger charge is -2.08. The first kappa shape index (κ1) is 9.85. The number of aromatic nitrogens is 4. The van der Waals surface area contributed by atoms with E-state index in [-0.39, 0.29) is 0 Å². The van der Waals surface area contributed by atoms with Gasteiger partial charge in [-0.15, -0.1) is 0 Å². The number of nitrogens with zero attached hydrogens (tertiary/aromatic N) is 4. The highest BCUT2D eigenvalue weighted by molar-refractivity contribution is 5.81. The molecule has 0 aliphatic rings. The molecule has 1 atom stereocenters. The molecule has 80 valence electrons. The van der Waals surface area contributed by atoms with Gasteiger partial charge in [0.05, 0.1) is 19.0 Å². The maximum absolute atomic E-state index is 9.54. The first-order valence-corrected chi connectivity index (χ1v) is 4.81. The number of hydrogen-bond donors (Lipinski definition) is 2. The average Bonchev–Trinajstić information content (AvgIpc) is 2.63. The van der Waals surface area contributed by atoms with Crippen LogP contribution in [0.3, 0.4) is 0 Å². The van der Waals surface area contributed by atoms with Crippen molar-refractivity contribution in [1.82, 2.24) is 19.5 Å². The molecular formula is C9H13N5O. The van der Waals surface area contributed by atoms with Gasteiger partial charge < -0.3 is 15.4 Å². The highest BCUT2D eigenvalue weighted by atomic mass is 16.3. The van der Waals surface area contributed by atoms with Crippen LogP contribution in [-0.4, -0.2) is 30.7 Å². The zero-order valence-corrected chi connectivity index (χ0v) is 8.46. The summed E-state index contributed by atoms with van der Waals surface area (Å²) < 4.78 is 1.78. The number of fused-ring (bicyclic) bond motifs is 1. The predicted molar refractivity (Wildman–Crippen MR) is 56.0 cm³/mol. The van der Waals surface area contributed by atoms with Crippen LogP contribution < -0.4 is 5.73 Å². The number of anilines is 1. The summed E-state index contributed by atoms with van der Waals surface area (Å²) in [4.78, 5) is 12.0. The maximum Gasteiger partial charge on any atom is 0.165 e. The number of imidazole rings is 1. The van der Waals surface area contributed by atoms with Crippen molar-refractivity contribution < 1.29 is 5.11 Å². The summed E-state index contributed by atoms with van der Waals surface area (Å²) >= 11 is 0. The Morgan fingerprint density at radius 1 is 1.47 bits per heavy atom. The van der Waals surface area contributed by atoms with Crippen LogP contribution in [0.15, 0.2) is 12.7 Å². The summed E-state index contributed by atoms with van der Waals surface area (Å²) in [6, 6.07) is 0. The van der Waals surface area contributed by atoms with E-state index in [0.29, 0.717) is 29.9 Å². The molecule has 2 heterocycles. The van der Waals surface area contributed by atoms with Crippen LogP contribution in [0.4, 0.5) is 5.82 Å². The standard InChI is InChI=1S/C9H13N5O/c1-2-6(15)3-14-5-13-7-8(10)11-4-12-9(7)14/h4-6,15H,2-3H2,1H3,(H2,10,11,12)/t6-/m0/s1. The Morgan fingerprint density at radius 3 is 3.00 bits per heavy atom. The van der Waals surface area contributed by atoms with Crippen LogP contribution in [-0.2, 0) is 6.54 Å². The lowest BCUT2D eigenvalue weighted by Crippen LogP contribution is -2.14. The van der Waals surface area contributed by atoms with Crippen molar-refractivity contribution in [2.24, 2.45) is 0 Å². The zero-order chi connectivity index (χ0) is 10.8. The summed E-state index contributed by atoms with van der Waals surface area (Å²) in [5.74, 6) is 0.365. The fourth-order valence-electron chi connectivity index (χ4n) is 1.39. The number of nitrogens with two attached hydrogens (primary N) is 1. The summed E-state index contributed by atoms with van der Waals surface area (Å²) in [6.07, 6.45) is 3.32. The van der Waals surface area contributed by atoms with E-state index in [0.717, 1.165) is 0 Å². The normalized spacial score (nSPS) is 13.2. The first-order valence-electron chi connectivity index (χ1n) is 4.81. The Kier molecular flexibility index (Phi) is 2.51. The van der Waals surface area contributed by atoms with Crippen molar-refractivity contribution in [1.29, 1.82) is 0 Å². The Morgan fingerprint density at radius 2 is 2.27 bits per heavy atom. The molecule has 15 heavy (non-hydrogen) atoms. The molecular weight excluding hydrogens is 194 g/mol. The fourth-order valence-corrected chi connectivity index (χ4v) is 1.39. The van der Waals surface area contributed by atoms with Crippen LogP contribution in [0.1, 0.15) is 13.3 Å². The van der Waals surface area contributed by atoms with Crippen LogP contribution in [0, 0.1) is 0 Å². The van der Waals surface area contributed by atoms with Crippen molar-refractivity contribution in [2.45, 2.75) is 26.0 Å². The average molecular weight is 207 g/mol. The number of aliphatic hydroxyl groups excluding tert-OH is 1. The Balaban J connectivity index is 2.41. The van der Waals surface area contributed by atoms with Gasteiger partial charge in [-0.05, 0) is 6.42 Å². The van der Waals surface area contributed by atoms with Gasteiger partial charge in [-0.3, -0.25) is 0 Å². The van der Waals surface area contributed by atoms with Crippen molar-refractivity contribution in [3.8, 4) is 0 Å². The molecule has 0 radical (unpaired) electrons. The minimum absolute atomic E-state index is 0.365. The van der Waals surface area contributed by atoms with Gasteiger partial charge in [0.25, 0.3) is 0 Å². The molecule has 2 rings (SSSR count). The van der Waals surface area contributed by atoms with Gasteiger partial charge in [0.15, 0.2) is 11.5 Å². The first-order chi connectivity index (χ1) is 7.22. The van der Waals surface area contributed by atoms with Gasteiger partial charge in [0.1, 0.15) is 11.8 Å². The summed E-state index contributed by atoms with van der Waals surface area (Å²) in [7, 11) is 0. The molecule has 0 fully saturated rings. The SMILES string of the molecule is CC[C@H](O)Cn1cnc2c(N)ncnc21. The van der Waals surface area contributed by atoms with E-state index in [2.05, 4.69) is 15.0 Å². The predicted octanol–water partition coefficient (Wildman–Crippen LogP) is 0.179. The number of hydrogen-bond acceptors (Lipinski definition) is 5. The quantitative estimate of drug-likeness (QED) is 0.749. The van der Waals surface area contributed by atoms with Crippen molar-refractivity contribution in [3.63, 3.8) is 0 Å². The second-order valence-electron chi connectivity index (χ2n) is 3.39. The van der Waals surface area contributed by atoms with E-state index < -0.39 is 6.10 Å². The van der Waals surface area contributed by atoms with Crippen molar-refractivity contribution in [3.05, 3.63) is 12.7 Å². The molecule has 0 saturated carbocycles. The second-order valence-corrected chi connectivity index (χ2v) is 3.39. The van der Waals surface area contributed by atoms with Gasteiger partial charge >= 0.3 is 0 Å². The summed E-state index contributed by atoms with van der Waals surface area (Å²) in [5, 5.41) is 9.54. The third-order valence-corrected chi connectivity index (χ3v) is 2.31. The van der Waals surface area contributed by atoms with Crippen LogP contribution in [0.25, 0.3) is 11.2 Å². The third-order valence-electron chi connectivity index (χ3n) is 2.31. The molecule has 3 N–H and O–H groups in total. The smallest absolute Gasteiger partial charge is 0.165 e. The van der Waals surface area contributed by atoms with Gasteiger partial charge in [-0.25, -0.2) is 15.0 Å². The summed E-state index contributed by atoms with van der Waals surface area (Å²) in [6.45, 7) is 2.40. The Labute approximate surface area is 86.8 Å². The van der Waals surface area contributed by atoms with Crippen LogP contribution in [0.5, 0.6) is 0 Å². The number of nitrogen functional groups attached to an aromatic ring is 1. The molecule has 6 nitrogen and oxygen atoms in total. The highest BCUT2D eigenvalue weighted by Gasteiger charge is 2.09. The molecule has 0 bridgehead atoms. The molecule has 0 aliphatic carbocycles. The van der Waals surface area contributed by atoms with Crippen molar-refractivity contribution in [2.75, 3.05) is 5.73 Å². The van der Waals surface area contributed by atoms with Crippen LogP contribution in [0.2, 0.25) is 0 Å². The molecule has 0 amide bonds. The Hall–Kier alpha value is -1.69.